The van der Waals surface area contributed by atoms with Crippen LogP contribution in [0.3, 0.4) is 0 Å². The first kappa shape index (κ1) is 21.3. The summed E-state index contributed by atoms with van der Waals surface area (Å²) in [6.07, 6.45) is 0. The van der Waals surface area contributed by atoms with Gasteiger partial charge < -0.3 is 31.9 Å². The van der Waals surface area contributed by atoms with E-state index in [1.54, 1.807) is 0 Å². The number of nitrogens with zero attached hydrogens (tertiary/aromatic N) is 2. The van der Waals surface area contributed by atoms with Crippen LogP contribution >= 0.6 is 0 Å². The number of rotatable bonds is 1. The Bertz CT molecular complexity index is 686. The van der Waals surface area contributed by atoms with Crippen LogP contribution in [-0.2, 0) is 26.2 Å². The Morgan fingerprint density at radius 3 is 0.967 bits per heavy atom. The largest absolute Gasteiger partial charge is 0.314 e. The number of fused-ring (bicyclic) bond motifs is 4. The summed E-state index contributed by atoms with van der Waals surface area (Å²) in [4.78, 5) is 9.72. The minimum Gasteiger partial charge on any atom is -0.314 e. The third-order valence-corrected chi connectivity index (χ3v) is 5.33. The Labute approximate surface area is 179 Å². The summed E-state index contributed by atoms with van der Waals surface area (Å²) in [6, 6.07) is 8.86. The molecule has 0 radical (unpaired) electrons. The van der Waals surface area contributed by atoms with Crippen LogP contribution in [0, 0.1) is 0 Å². The molecule has 0 saturated heterocycles. The van der Waals surface area contributed by atoms with Crippen LogP contribution in [0.15, 0.2) is 24.3 Å². The van der Waals surface area contributed by atoms with Crippen molar-refractivity contribution in [3.05, 3.63) is 47.0 Å². The Morgan fingerprint density at radius 2 is 0.667 bits per heavy atom. The van der Waals surface area contributed by atoms with Gasteiger partial charge in [-0.25, -0.2) is 0 Å². The van der Waals surface area contributed by atoms with Crippen LogP contribution in [0.1, 0.15) is 22.8 Å². The van der Waals surface area contributed by atoms with Crippen LogP contribution in [0.5, 0.6) is 0 Å². The maximum Gasteiger partial charge on any atom is 0.0551 e. The van der Waals surface area contributed by atoms with E-state index < -0.39 is 0 Å². The lowest BCUT2D eigenvalue weighted by molar-refractivity contribution is 0.565. The summed E-state index contributed by atoms with van der Waals surface area (Å²) in [5.41, 5.74) is 6.77. The molecule has 6 N–H and O–H groups in total. The highest BCUT2D eigenvalue weighted by molar-refractivity contribution is 5.65. The zero-order valence-corrected chi connectivity index (χ0v) is 17.7. The molecule has 0 aromatic carbocycles. The zero-order valence-electron chi connectivity index (χ0n) is 17.7. The molecule has 2 aromatic heterocycles. The number of aromatic nitrogens is 2. The van der Waals surface area contributed by atoms with E-state index in [1.807, 2.05) is 0 Å². The minimum absolute atomic E-state index is 0.781. The molecule has 30 heavy (non-hydrogen) atoms. The standard InChI is InChI=1S/C22H34N8/c1-5-25-13-19-9-17(10-20(29-19)14-26-6-2-23-1)18-11-21-15-27-7-3-24-4-8-28-16-22(12-18)30-21/h9-12,23-28H,1-8,13-16H2. The van der Waals surface area contributed by atoms with Crippen LogP contribution in [-0.4, -0.2) is 62.3 Å². The van der Waals surface area contributed by atoms with Crippen molar-refractivity contribution in [3.8, 4) is 11.1 Å². The molecule has 0 atom stereocenters. The first-order chi connectivity index (χ1) is 14.9. The molecule has 0 unspecified atom stereocenters. The number of pyridine rings is 2. The predicted octanol–water partition coefficient (Wildman–Crippen LogP) is -0.292. The topological polar surface area (TPSA) is 98.0 Å². The third kappa shape index (κ3) is 6.53. The molecule has 2 aliphatic heterocycles. The van der Waals surface area contributed by atoms with Crippen molar-refractivity contribution >= 4 is 0 Å². The molecule has 4 rings (SSSR count). The second kappa shape index (κ2) is 11.5. The predicted molar refractivity (Wildman–Crippen MR) is 120 cm³/mol. The molecule has 162 valence electrons. The first-order valence-electron chi connectivity index (χ1n) is 11.1. The molecule has 0 saturated carbocycles. The van der Waals surface area contributed by atoms with E-state index in [0.29, 0.717) is 0 Å². The van der Waals surface area contributed by atoms with Gasteiger partial charge in [0, 0.05) is 78.5 Å². The van der Waals surface area contributed by atoms with Crippen LogP contribution in [0.4, 0.5) is 0 Å². The third-order valence-electron chi connectivity index (χ3n) is 5.33. The van der Waals surface area contributed by atoms with Crippen molar-refractivity contribution in [2.75, 3.05) is 52.4 Å². The molecule has 8 heteroatoms. The van der Waals surface area contributed by atoms with E-state index in [1.165, 1.54) is 11.1 Å². The average Bonchev–Trinajstić information content (AvgIpc) is 2.75. The van der Waals surface area contributed by atoms with E-state index in [0.717, 1.165) is 101 Å². The molecule has 0 spiro atoms. The SMILES string of the molecule is c1c(-c2cc3nc(c2)CNCCNCCNC3)cc2nc1CNCCNCCNC2. The maximum absolute atomic E-state index is 4.86. The summed E-state index contributed by atoms with van der Waals surface area (Å²) in [5, 5.41) is 20.9. The van der Waals surface area contributed by atoms with Crippen molar-refractivity contribution in [2.45, 2.75) is 26.2 Å². The van der Waals surface area contributed by atoms with Crippen molar-refractivity contribution in [1.29, 1.82) is 0 Å². The van der Waals surface area contributed by atoms with Crippen LogP contribution in [0.2, 0.25) is 0 Å². The highest BCUT2D eigenvalue weighted by Crippen LogP contribution is 2.23. The molecular formula is C22H34N8. The Hall–Kier alpha value is -1.94. The van der Waals surface area contributed by atoms with Gasteiger partial charge in [-0.3, -0.25) is 9.97 Å². The quantitative estimate of drug-likeness (QED) is 0.382. The minimum atomic E-state index is 0.781. The molecule has 2 aliphatic rings. The number of hydrogen-bond acceptors (Lipinski definition) is 8. The van der Waals surface area contributed by atoms with Crippen molar-refractivity contribution in [3.63, 3.8) is 0 Å². The van der Waals surface area contributed by atoms with E-state index in [2.05, 4.69) is 56.2 Å². The van der Waals surface area contributed by atoms with Gasteiger partial charge in [0.1, 0.15) is 0 Å². The molecule has 0 amide bonds. The molecule has 8 nitrogen and oxygen atoms in total. The van der Waals surface area contributed by atoms with Gasteiger partial charge in [0.05, 0.1) is 22.8 Å². The maximum atomic E-state index is 4.86. The van der Waals surface area contributed by atoms with E-state index in [-0.39, 0.29) is 0 Å². The zero-order chi connectivity index (χ0) is 20.4. The highest BCUT2D eigenvalue weighted by atomic mass is 15.0. The van der Waals surface area contributed by atoms with E-state index >= 15 is 0 Å². The molecular weight excluding hydrogens is 376 g/mol. The summed E-state index contributed by atoms with van der Waals surface area (Å²) < 4.78 is 0. The van der Waals surface area contributed by atoms with Crippen molar-refractivity contribution in [1.82, 2.24) is 41.9 Å². The smallest absolute Gasteiger partial charge is 0.0551 e. The van der Waals surface area contributed by atoms with Gasteiger partial charge in [-0.05, 0) is 35.4 Å². The fraction of sp³-hybridized carbons (Fsp3) is 0.545. The van der Waals surface area contributed by atoms with Crippen molar-refractivity contribution < 1.29 is 0 Å². The van der Waals surface area contributed by atoms with Crippen LogP contribution < -0.4 is 31.9 Å². The number of nitrogens with one attached hydrogen (secondary N) is 6. The fourth-order valence-corrected chi connectivity index (χ4v) is 3.82. The summed E-state index contributed by atoms with van der Waals surface area (Å²) in [6.45, 7) is 10.8. The Morgan fingerprint density at radius 1 is 0.400 bits per heavy atom. The van der Waals surface area contributed by atoms with Gasteiger partial charge in [0.2, 0.25) is 0 Å². The van der Waals surface area contributed by atoms with Crippen molar-refractivity contribution in [2.24, 2.45) is 0 Å². The second-order valence-corrected chi connectivity index (χ2v) is 7.88. The van der Waals surface area contributed by atoms with Gasteiger partial charge in [0.15, 0.2) is 0 Å². The molecule has 4 heterocycles. The molecule has 2 aromatic rings. The summed E-state index contributed by atoms with van der Waals surface area (Å²) in [5.74, 6) is 0. The normalized spacial score (nSPS) is 19.6. The second-order valence-electron chi connectivity index (χ2n) is 7.88. The van der Waals surface area contributed by atoms with E-state index in [4.69, 9.17) is 9.97 Å². The lowest BCUT2D eigenvalue weighted by Gasteiger charge is -2.15. The van der Waals surface area contributed by atoms with Crippen LogP contribution in [0.25, 0.3) is 11.1 Å². The van der Waals surface area contributed by atoms with Gasteiger partial charge in [-0.1, -0.05) is 0 Å². The average molecular weight is 411 g/mol. The lowest BCUT2D eigenvalue weighted by atomic mass is 10.0. The monoisotopic (exact) mass is 410 g/mol. The molecule has 0 aliphatic carbocycles. The van der Waals surface area contributed by atoms with Gasteiger partial charge >= 0.3 is 0 Å². The van der Waals surface area contributed by atoms with Gasteiger partial charge in [-0.15, -0.1) is 0 Å². The lowest BCUT2D eigenvalue weighted by Crippen LogP contribution is -2.33. The highest BCUT2D eigenvalue weighted by Gasteiger charge is 2.10. The fourth-order valence-electron chi connectivity index (χ4n) is 3.82. The number of hydrogen-bond donors (Lipinski definition) is 6. The first-order valence-corrected chi connectivity index (χ1v) is 11.1. The van der Waals surface area contributed by atoms with Gasteiger partial charge in [0.25, 0.3) is 0 Å². The summed E-state index contributed by atoms with van der Waals surface area (Å²) >= 11 is 0. The molecule has 4 bridgehead atoms. The Kier molecular flexibility index (Phi) is 8.13. The van der Waals surface area contributed by atoms with Gasteiger partial charge in [-0.2, -0.15) is 0 Å². The summed E-state index contributed by atoms with van der Waals surface area (Å²) in [7, 11) is 0. The molecule has 0 fully saturated rings. The Balaban J connectivity index is 1.62. The van der Waals surface area contributed by atoms with E-state index in [9.17, 15) is 0 Å².